The third kappa shape index (κ3) is 6.71. The fraction of sp³-hybridized carbons (Fsp3) is 0.368. The molecule has 0 radical (unpaired) electrons. The standard InChI is InChI=1S/C19H26N4O2/c1-16-6-8-17(9-7-16)25-14-12-23(3)19(20-2)22-11-13-24-18-5-4-10-21-15-18/h4-10,15H,11-14H2,1-3H3,(H,20,22). The monoisotopic (exact) mass is 342 g/mol. The summed E-state index contributed by atoms with van der Waals surface area (Å²) in [4.78, 5) is 10.3. The Morgan fingerprint density at radius 3 is 2.56 bits per heavy atom. The third-order valence-electron chi connectivity index (χ3n) is 3.58. The van der Waals surface area contributed by atoms with Crippen molar-refractivity contribution in [2.75, 3.05) is 40.4 Å². The first-order valence-electron chi connectivity index (χ1n) is 8.33. The second kappa shape index (κ2) is 10.2. The quantitative estimate of drug-likeness (QED) is 0.453. The van der Waals surface area contributed by atoms with E-state index in [9.17, 15) is 0 Å². The SMILES string of the molecule is CN=C(NCCOc1cccnc1)N(C)CCOc1ccc(C)cc1. The molecular weight excluding hydrogens is 316 g/mol. The van der Waals surface area contributed by atoms with E-state index in [1.54, 1.807) is 19.4 Å². The van der Waals surface area contributed by atoms with Gasteiger partial charge in [0.2, 0.25) is 0 Å². The number of likely N-dealkylation sites (N-methyl/N-ethyl adjacent to an activating group) is 1. The summed E-state index contributed by atoms with van der Waals surface area (Å²) in [5.74, 6) is 2.45. The highest BCUT2D eigenvalue weighted by Crippen LogP contribution is 2.11. The van der Waals surface area contributed by atoms with Gasteiger partial charge in [-0.25, -0.2) is 0 Å². The van der Waals surface area contributed by atoms with Crippen molar-refractivity contribution in [1.29, 1.82) is 0 Å². The van der Waals surface area contributed by atoms with Crippen molar-refractivity contribution in [3.05, 3.63) is 54.4 Å². The molecule has 0 amide bonds. The fourth-order valence-corrected chi connectivity index (χ4v) is 2.19. The molecule has 0 fully saturated rings. The number of aryl methyl sites for hydroxylation is 1. The van der Waals surface area contributed by atoms with Crippen LogP contribution in [-0.4, -0.2) is 56.2 Å². The summed E-state index contributed by atoms with van der Waals surface area (Å²) in [7, 11) is 3.75. The van der Waals surface area contributed by atoms with Gasteiger partial charge in [0.15, 0.2) is 5.96 Å². The molecule has 6 heteroatoms. The summed E-state index contributed by atoms with van der Waals surface area (Å²) in [5.41, 5.74) is 1.22. The molecule has 0 atom stereocenters. The molecule has 0 aliphatic carbocycles. The first kappa shape index (κ1) is 18.6. The van der Waals surface area contributed by atoms with Gasteiger partial charge in [0.05, 0.1) is 19.3 Å². The Morgan fingerprint density at radius 1 is 1.12 bits per heavy atom. The molecule has 1 aromatic carbocycles. The molecule has 0 bridgehead atoms. The first-order chi connectivity index (χ1) is 12.2. The van der Waals surface area contributed by atoms with Gasteiger partial charge < -0.3 is 19.7 Å². The molecule has 0 aliphatic rings. The zero-order valence-corrected chi connectivity index (χ0v) is 15.1. The lowest BCUT2D eigenvalue weighted by Crippen LogP contribution is -2.42. The number of guanidine groups is 1. The molecular formula is C19H26N4O2. The highest BCUT2D eigenvalue weighted by Gasteiger charge is 2.05. The summed E-state index contributed by atoms with van der Waals surface area (Å²) in [6.07, 6.45) is 3.42. The smallest absolute Gasteiger partial charge is 0.193 e. The van der Waals surface area contributed by atoms with Crippen LogP contribution in [0.4, 0.5) is 0 Å². The number of rotatable bonds is 8. The average molecular weight is 342 g/mol. The topological polar surface area (TPSA) is 59.0 Å². The summed E-state index contributed by atoms with van der Waals surface area (Å²) in [6.45, 7) is 4.58. The van der Waals surface area contributed by atoms with Crippen LogP contribution in [0.5, 0.6) is 11.5 Å². The van der Waals surface area contributed by atoms with Crippen LogP contribution in [0.2, 0.25) is 0 Å². The van der Waals surface area contributed by atoms with Gasteiger partial charge in [-0.05, 0) is 31.2 Å². The minimum Gasteiger partial charge on any atom is -0.492 e. The van der Waals surface area contributed by atoms with Crippen LogP contribution in [0.1, 0.15) is 5.56 Å². The van der Waals surface area contributed by atoms with Crippen molar-refractivity contribution < 1.29 is 9.47 Å². The van der Waals surface area contributed by atoms with Gasteiger partial charge in [0.25, 0.3) is 0 Å². The maximum Gasteiger partial charge on any atom is 0.193 e. The van der Waals surface area contributed by atoms with Gasteiger partial charge in [-0.15, -0.1) is 0 Å². The maximum atomic E-state index is 5.75. The number of nitrogens with zero attached hydrogens (tertiary/aromatic N) is 3. The van der Waals surface area contributed by atoms with Crippen molar-refractivity contribution in [3.8, 4) is 11.5 Å². The number of ether oxygens (including phenoxy) is 2. The molecule has 2 aromatic rings. The van der Waals surface area contributed by atoms with E-state index in [4.69, 9.17) is 9.47 Å². The summed E-state index contributed by atoms with van der Waals surface area (Å²) < 4.78 is 11.4. The average Bonchev–Trinajstić information content (AvgIpc) is 2.64. The summed E-state index contributed by atoms with van der Waals surface area (Å²) in [5, 5.41) is 3.27. The lowest BCUT2D eigenvalue weighted by molar-refractivity contribution is 0.279. The Labute approximate surface area is 149 Å². The Morgan fingerprint density at radius 2 is 1.88 bits per heavy atom. The minimum absolute atomic E-state index is 0.540. The molecule has 2 rings (SSSR count). The molecule has 1 heterocycles. The van der Waals surface area contributed by atoms with E-state index in [2.05, 4.69) is 22.2 Å². The first-order valence-corrected chi connectivity index (χ1v) is 8.33. The molecule has 0 saturated heterocycles. The highest BCUT2D eigenvalue weighted by atomic mass is 16.5. The van der Waals surface area contributed by atoms with Crippen LogP contribution >= 0.6 is 0 Å². The number of aromatic nitrogens is 1. The summed E-state index contributed by atoms with van der Waals surface area (Å²) in [6, 6.07) is 11.8. The number of hydrogen-bond acceptors (Lipinski definition) is 4. The Balaban J connectivity index is 1.66. The zero-order chi connectivity index (χ0) is 17.9. The number of benzene rings is 1. The molecule has 0 spiro atoms. The van der Waals surface area contributed by atoms with E-state index in [-0.39, 0.29) is 0 Å². The van der Waals surface area contributed by atoms with Crippen molar-refractivity contribution in [3.63, 3.8) is 0 Å². The van der Waals surface area contributed by atoms with E-state index >= 15 is 0 Å². The molecule has 0 unspecified atom stereocenters. The van der Waals surface area contributed by atoms with Crippen molar-refractivity contribution in [1.82, 2.24) is 15.2 Å². The van der Waals surface area contributed by atoms with Gasteiger partial charge in [-0.2, -0.15) is 0 Å². The van der Waals surface area contributed by atoms with Crippen molar-refractivity contribution in [2.24, 2.45) is 4.99 Å². The number of pyridine rings is 1. The van der Waals surface area contributed by atoms with Crippen LogP contribution in [-0.2, 0) is 0 Å². The van der Waals surface area contributed by atoms with Gasteiger partial charge in [-0.3, -0.25) is 9.98 Å². The lowest BCUT2D eigenvalue weighted by Gasteiger charge is -2.22. The predicted octanol–water partition coefficient (Wildman–Crippen LogP) is 2.36. The molecule has 134 valence electrons. The number of aliphatic imine (C=N–C) groups is 1. The summed E-state index contributed by atoms with van der Waals surface area (Å²) >= 11 is 0. The van der Waals surface area contributed by atoms with E-state index in [0.717, 1.165) is 24.0 Å². The Bertz CT molecular complexity index is 644. The Kier molecular flexibility index (Phi) is 7.56. The van der Waals surface area contributed by atoms with Crippen LogP contribution in [0.25, 0.3) is 0 Å². The second-order valence-electron chi connectivity index (χ2n) is 5.59. The highest BCUT2D eigenvalue weighted by molar-refractivity contribution is 5.79. The van der Waals surface area contributed by atoms with Crippen LogP contribution in [0.15, 0.2) is 53.8 Å². The molecule has 1 aromatic heterocycles. The number of hydrogen-bond donors (Lipinski definition) is 1. The third-order valence-corrected chi connectivity index (χ3v) is 3.58. The predicted molar refractivity (Wildman–Crippen MR) is 100 cm³/mol. The lowest BCUT2D eigenvalue weighted by atomic mass is 10.2. The molecule has 25 heavy (non-hydrogen) atoms. The zero-order valence-electron chi connectivity index (χ0n) is 15.1. The minimum atomic E-state index is 0.540. The van der Waals surface area contributed by atoms with Crippen LogP contribution < -0.4 is 14.8 Å². The number of nitrogens with one attached hydrogen (secondary N) is 1. The maximum absolute atomic E-state index is 5.75. The van der Waals surface area contributed by atoms with E-state index in [1.807, 2.05) is 48.3 Å². The molecule has 6 nitrogen and oxygen atoms in total. The van der Waals surface area contributed by atoms with E-state index in [1.165, 1.54) is 5.56 Å². The van der Waals surface area contributed by atoms with Crippen LogP contribution in [0, 0.1) is 6.92 Å². The molecule has 1 N–H and O–H groups in total. The Hall–Kier alpha value is -2.76. The van der Waals surface area contributed by atoms with Crippen molar-refractivity contribution in [2.45, 2.75) is 6.92 Å². The molecule has 0 aliphatic heterocycles. The van der Waals surface area contributed by atoms with Crippen molar-refractivity contribution >= 4 is 5.96 Å². The van der Waals surface area contributed by atoms with E-state index < -0.39 is 0 Å². The van der Waals surface area contributed by atoms with Gasteiger partial charge in [0, 0.05) is 20.3 Å². The van der Waals surface area contributed by atoms with E-state index in [0.29, 0.717) is 19.8 Å². The largest absolute Gasteiger partial charge is 0.492 e. The van der Waals surface area contributed by atoms with Gasteiger partial charge in [0.1, 0.15) is 24.7 Å². The second-order valence-corrected chi connectivity index (χ2v) is 5.59. The van der Waals surface area contributed by atoms with Gasteiger partial charge >= 0.3 is 0 Å². The van der Waals surface area contributed by atoms with Gasteiger partial charge in [-0.1, -0.05) is 17.7 Å². The van der Waals surface area contributed by atoms with Crippen LogP contribution in [0.3, 0.4) is 0 Å². The fourth-order valence-electron chi connectivity index (χ4n) is 2.19. The normalized spacial score (nSPS) is 11.1. The molecule has 0 saturated carbocycles.